The van der Waals surface area contributed by atoms with Crippen LogP contribution in [0, 0.1) is 0 Å². The Balaban J connectivity index is 2.56. The molecular weight excluding hydrogens is 218 g/mol. The van der Waals surface area contributed by atoms with Gasteiger partial charge in [0.05, 0.1) is 18.1 Å². The van der Waals surface area contributed by atoms with Gasteiger partial charge >= 0.3 is 0 Å². The molecule has 6 heteroatoms. The number of ether oxygens (including phenoxy) is 1. The predicted octanol–water partition coefficient (Wildman–Crippen LogP) is 0.656. The highest BCUT2D eigenvalue weighted by Gasteiger charge is 2.53. The number of primary amides is 1. The highest BCUT2D eigenvalue weighted by atomic mass is 35.5. The number of hydrogen-bond acceptors (Lipinski definition) is 4. The van der Waals surface area contributed by atoms with E-state index in [4.69, 9.17) is 22.1 Å². The fourth-order valence-corrected chi connectivity index (χ4v) is 1.96. The van der Waals surface area contributed by atoms with E-state index in [-0.39, 0.29) is 5.15 Å². The van der Waals surface area contributed by atoms with Gasteiger partial charge in [-0.1, -0.05) is 11.6 Å². The lowest BCUT2D eigenvalue weighted by Crippen LogP contribution is -2.29. The lowest BCUT2D eigenvalue weighted by atomic mass is 9.98. The number of halogens is 1. The zero-order chi connectivity index (χ0) is 11.1. The van der Waals surface area contributed by atoms with Gasteiger partial charge < -0.3 is 10.5 Å². The Labute approximate surface area is 91.6 Å². The van der Waals surface area contributed by atoms with E-state index >= 15 is 0 Å². The first-order chi connectivity index (χ1) is 7.12. The van der Waals surface area contributed by atoms with Crippen molar-refractivity contribution in [2.45, 2.75) is 18.3 Å². The molecule has 0 radical (unpaired) electrons. The number of aromatic nitrogens is 2. The van der Waals surface area contributed by atoms with Crippen LogP contribution in [0.1, 0.15) is 18.4 Å². The molecule has 0 spiro atoms. The largest absolute Gasteiger partial charge is 0.481 e. The molecule has 2 N–H and O–H groups in total. The molecule has 2 rings (SSSR count). The Morgan fingerprint density at radius 1 is 1.60 bits per heavy atom. The maximum Gasteiger partial charge on any atom is 0.228 e. The van der Waals surface area contributed by atoms with E-state index in [9.17, 15) is 4.79 Å². The lowest BCUT2D eigenvalue weighted by Gasteiger charge is -2.14. The van der Waals surface area contributed by atoms with Gasteiger partial charge in [-0.25, -0.2) is 9.97 Å². The number of nitrogens with two attached hydrogens (primary N) is 1. The molecule has 1 aromatic heterocycles. The summed E-state index contributed by atoms with van der Waals surface area (Å²) in [7, 11) is 1.47. The van der Waals surface area contributed by atoms with E-state index in [1.54, 1.807) is 0 Å². The molecule has 0 atom stereocenters. The molecule has 80 valence electrons. The average Bonchev–Trinajstić information content (AvgIpc) is 2.98. The van der Waals surface area contributed by atoms with Crippen molar-refractivity contribution in [3.05, 3.63) is 17.0 Å². The Bertz CT molecular complexity index is 418. The third kappa shape index (κ3) is 1.43. The number of methoxy groups -OCH3 is 1. The molecule has 1 saturated carbocycles. The summed E-state index contributed by atoms with van der Waals surface area (Å²) >= 11 is 5.94. The standard InChI is InChI=1S/C9H10ClN3O2/c1-15-7-5(6(10)12-4-13-7)9(2-3-9)8(11)14/h4H,2-3H2,1H3,(H2,11,14). The van der Waals surface area contributed by atoms with Crippen molar-refractivity contribution in [1.29, 1.82) is 0 Å². The summed E-state index contributed by atoms with van der Waals surface area (Å²) in [5.41, 5.74) is 5.15. The SMILES string of the molecule is COc1ncnc(Cl)c1C1(C(N)=O)CC1. The highest BCUT2D eigenvalue weighted by Crippen LogP contribution is 2.52. The molecule has 1 amide bonds. The molecule has 0 unspecified atom stereocenters. The molecule has 1 aliphatic rings. The first kappa shape index (κ1) is 10.2. The lowest BCUT2D eigenvalue weighted by molar-refractivity contribution is -0.120. The van der Waals surface area contributed by atoms with Crippen LogP contribution in [0.3, 0.4) is 0 Å². The number of carbonyl (C=O) groups excluding carboxylic acids is 1. The number of rotatable bonds is 3. The van der Waals surface area contributed by atoms with Crippen LogP contribution >= 0.6 is 11.6 Å². The molecule has 1 aromatic rings. The van der Waals surface area contributed by atoms with Crippen LogP contribution in [0.25, 0.3) is 0 Å². The Hall–Kier alpha value is -1.36. The zero-order valence-corrected chi connectivity index (χ0v) is 8.91. The molecule has 1 aliphatic carbocycles. The van der Waals surface area contributed by atoms with Crippen molar-refractivity contribution in [2.75, 3.05) is 7.11 Å². The molecule has 5 nitrogen and oxygen atoms in total. The summed E-state index contributed by atoms with van der Waals surface area (Å²) < 4.78 is 5.06. The van der Waals surface area contributed by atoms with Gasteiger partial charge in [0.1, 0.15) is 11.5 Å². The molecule has 15 heavy (non-hydrogen) atoms. The van der Waals surface area contributed by atoms with Crippen LogP contribution in [0.15, 0.2) is 6.33 Å². The fourth-order valence-electron chi connectivity index (χ4n) is 1.65. The number of nitrogens with zero attached hydrogens (tertiary/aromatic N) is 2. The smallest absolute Gasteiger partial charge is 0.228 e. The number of amides is 1. The normalized spacial score (nSPS) is 17.2. The minimum absolute atomic E-state index is 0.234. The van der Waals surface area contributed by atoms with Gasteiger partial charge in [0.15, 0.2) is 0 Å². The molecular formula is C9H10ClN3O2. The third-order valence-electron chi connectivity index (χ3n) is 2.66. The van der Waals surface area contributed by atoms with E-state index in [0.29, 0.717) is 24.3 Å². The summed E-state index contributed by atoms with van der Waals surface area (Å²) in [6.45, 7) is 0. The van der Waals surface area contributed by atoms with Crippen molar-refractivity contribution >= 4 is 17.5 Å². The second kappa shape index (κ2) is 3.34. The van der Waals surface area contributed by atoms with Crippen LogP contribution in [-0.2, 0) is 10.2 Å². The van der Waals surface area contributed by atoms with Crippen LogP contribution in [0.4, 0.5) is 0 Å². The van der Waals surface area contributed by atoms with Crippen molar-refractivity contribution in [2.24, 2.45) is 5.73 Å². The van der Waals surface area contributed by atoms with E-state index in [1.165, 1.54) is 13.4 Å². The van der Waals surface area contributed by atoms with Crippen LogP contribution in [0.5, 0.6) is 5.88 Å². The van der Waals surface area contributed by atoms with Gasteiger partial charge in [-0.2, -0.15) is 0 Å². The molecule has 0 aliphatic heterocycles. The van der Waals surface area contributed by atoms with Gasteiger partial charge in [-0.3, -0.25) is 4.79 Å². The molecule has 1 fully saturated rings. The summed E-state index contributed by atoms with van der Waals surface area (Å²) in [6.07, 6.45) is 2.64. The topological polar surface area (TPSA) is 78.1 Å². The summed E-state index contributed by atoms with van der Waals surface area (Å²) in [4.78, 5) is 19.1. The Morgan fingerprint density at radius 2 is 2.27 bits per heavy atom. The summed E-state index contributed by atoms with van der Waals surface area (Å²) in [5, 5.41) is 0.234. The second-order valence-corrected chi connectivity index (χ2v) is 3.85. The minimum atomic E-state index is -0.719. The first-order valence-corrected chi connectivity index (χ1v) is 4.84. The monoisotopic (exact) mass is 227 g/mol. The van der Waals surface area contributed by atoms with Gasteiger partial charge in [0.25, 0.3) is 0 Å². The van der Waals surface area contributed by atoms with Gasteiger partial charge in [-0.15, -0.1) is 0 Å². The van der Waals surface area contributed by atoms with E-state index in [1.807, 2.05) is 0 Å². The third-order valence-corrected chi connectivity index (χ3v) is 2.95. The number of hydrogen-bond donors (Lipinski definition) is 1. The maximum atomic E-state index is 11.4. The van der Waals surface area contributed by atoms with Crippen LogP contribution in [-0.4, -0.2) is 23.0 Å². The van der Waals surface area contributed by atoms with E-state index < -0.39 is 11.3 Å². The second-order valence-electron chi connectivity index (χ2n) is 3.50. The van der Waals surface area contributed by atoms with Crippen LogP contribution in [0.2, 0.25) is 5.15 Å². The van der Waals surface area contributed by atoms with Crippen molar-refractivity contribution in [3.8, 4) is 5.88 Å². The minimum Gasteiger partial charge on any atom is -0.481 e. The molecule has 0 aromatic carbocycles. The van der Waals surface area contributed by atoms with Crippen molar-refractivity contribution < 1.29 is 9.53 Å². The molecule has 0 bridgehead atoms. The van der Waals surface area contributed by atoms with Crippen molar-refractivity contribution in [1.82, 2.24) is 9.97 Å². The fraction of sp³-hybridized carbons (Fsp3) is 0.444. The maximum absolute atomic E-state index is 11.4. The Morgan fingerprint density at radius 3 is 2.73 bits per heavy atom. The Kier molecular flexibility index (Phi) is 2.26. The average molecular weight is 228 g/mol. The van der Waals surface area contributed by atoms with Gasteiger partial charge in [0.2, 0.25) is 11.8 Å². The highest BCUT2D eigenvalue weighted by molar-refractivity contribution is 6.30. The van der Waals surface area contributed by atoms with E-state index in [2.05, 4.69) is 9.97 Å². The summed E-state index contributed by atoms with van der Waals surface area (Å²) in [6, 6.07) is 0. The van der Waals surface area contributed by atoms with Crippen LogP contribution < -0.4 is 10.5 Å². The summed E-state index contributed by atoms with van der Waals surface area (Å²) in [5.74, 6) is -0.0798. The number of carbonyl (C=O) groups is 1. The van der Waals surface area contributed by atoms with Gasteiger partial charge in [0, 0.05) is 0 Å². The predicted molar refractivity (Wildman–Crippen MR) is 53.7 cm³/mol. The molecule has 0 saturated heterocycles. The zero-order valence-electron chi connectivity index (χ0n) is 8.16. The molecule has 1 heterocycles. The first-order valence-electron chi connectivity index (χ1n) is 4.46. The van der Waals surface area contributed by atoms with Gasteiger partial charge in [-0.05, 0) is 12.8 Å². The van der Waals surface area contributed by atoms with Crippen molar-refractivity contribution in [3.63, 3.8) is 0 Å². The van der Waals surface area contributed by atoms with E-state index in [0.717, 1.165) is 0 Å². The quantitative estimate of drug-likeness (QED) is 0.770.